The zero-order chi connectivity index (χ0) is 14.2. The van der Waals surface area contributed by atoms with Gasteiger partial charge in [0.25, 0.3) is 0 Å². The number of pyridine rings is 1. The Kier molecular flexibility index (Phi) is 3.75. The third kappa shape index (κ3) is 2.71. The van der Waals surface area contributed by atoms with Crippen molar-refractivity contribution in [1.82, 2.24) is 9.88 Å². The molecule has 19 heavy (non-hydrogen) atoms. The third-order valence-corrected chi connectivity index (χ3v) is 3.90. The van der Waals surface area contributed by atoms with Crippen LogP contribution in [0, 0.1) is 6.92 Å². The molecule has 5 nitrogen and oxygen atoms in total. The highest BCUT2D eigenvalue weighted by atomic mass is 16.4. The van der Waals surface area contributed by atoms with Gasteiger partial charge in [-0.15, -0.1) is 0 Å². The highest BCUT2D eigenvalue weighted by molar-refractivity contribution is 5.93. The molecular weight excluding hydrogens is 242 g/mol. The van der Waals surface area contributed by atoms with E-state index in [0.29, 0.717) is 17.9 Å². The Morgan fingerprint density at radius 2 is 1.89 bits per heavy atom. The van der Waals surface area contributed by atoms with Crippen molar-refractivity contribution < 1.29 is 9.90 Å². The first-order valence-corrected chi connectivity index (χ1v) is 6.58. The Bertz CT molecular complexity index is 478. The zero-order valence-electron chi connectivity index (χ0n) is 11.9. The van der Waals surface area contributed by atoms with E-state index in [0.717, 1.165) is 18.8 Å². The van der Waals surface area contributed by atoms with E-state index >= 15 is 0 Å². The quantitative estimate of drug-likeness (QED) is 0.878. The fourth-order valence-corrected chi connectivity index (χ4v) is 2.53. The van der Waals surface area contributed by atoms with Crippen LogP contribution < -0.4 is 4.90 Å². The van der Waals surface area contributed by atoms with Crippen LogP contribution in [0.5, 0.6) is 0 Å². The molecule has 0 bridgehead atoms. The summed E-state index contributed by atoms with van der Waals surface area (Å²) in [4.78, 5) is 20.2. The standard InChI is InChI=1S/C14H21N3O2/c1-9-5-6-12(14(18)19)13(15-9)17-7-10(2)16(4)11(3)8-17/h5-6,10-11H,7-8H2,1-4H3,(H,18,19). The average Bonchev–Trinajstić information content (AvgIpc) is 2.34. The largest absolute Gasteiger partial charge is 0.478 e. The van der Waals surface area contributed by atoms with Gasteiger partial charge in [0.2, 0.25) is 0 Å². The molecule has 1 aliphatic rings. The molecular formula is C14H21N3O2. The van der Waals surface area contributed by atoms with Gasteiger partial charge in [-0.3, -0.25) is 4.90 Å². The molecule has 0 aliphatic carbocycles. The van der Waals surface area contributed by atoms with Crippen molar-refractivity contribution in [1.29, 1.82) is 0 Å². The molecule has 0 spiro atoms. The second kappa shape index (κ2) is 5.17. The highest BCUT2D eigenvalue weighted by Crippen LogP contribution is 2.23. The number of carbonyl (C=O) groups is 1. The monoisotopic (exact) mass is 263 g/mol. The minimum Gasteiger partial charge on any atom is -0.478 e. The molecule has 2 unspecified atom stereocenters. The summed E-state index contributed by atoms with van der Waals surface area (Å²) in [5.41, 5.74) is 1.13. The predicted octanol–water partition coefficient (Wildman–Crippen LogP) is 1.62. The molecule has 1 saturated heterocycles. The van der Waals surface area contributed by atoms with Gasteiger partial charge in [-0.2, -0.15) is 0 Å². The number of anilines is 1. The number of aromatic carboxylic acids is 1. The summed E-state index contributed by atoms with van der Waals surface area (Å²) in [5, 5.41) is 9.29. The highest BCUT2D eigenvalue weighted by Gasteiger charge is 2.29. The summed E-state index contributed by atoms with van der Waals surface area (Å²) in [7, 11) is 2.11. The number of nitrogens with zero attached hydrogens (tertiary/aromatic N) is 3. The molecule has 5 heteroatoms. The lowest BCUT2D eigenvalue weighted by molar-refractivity contribution is 0.0696. The zero-order valence-corrected chi connectivity index (χ0v) is 11.9. The van der Waals surface area contributed by atoms with Gasteiger partial charge in [-0.25, -0.2) is 9.78 Å². The van der Waals surface area contributed by atoms with Crippen LogP contribution in [-0.4, -0.2) is 53.2 Å². The summed E-state index contributed by atoms with van der Waals surface area (Å²) in [6.07, 6.45) is 0. The fraction of sp³-hybridized carbons (Fsp3) is 0.571. The Morgan fingerprint density at radius 3 is 2.42 bits per heavy atom. The molecule has 1 aromatic rings. The number of aromatic nitrogens is 1. The summed E-state index contributed by atoms with van der Waals surface area (Å²) in [5.74, 6) is -0.318. The van der Waals surface area contributed by atoms with Crippen LogP contribution in [0.15, 0.2) is 12.1 Å². The number of rotatable bonds is 2. The van der Waals surface area contributed by atoms with Crippen molar-refractivity contribution in [2.45, 2.75) is 32.9 Å². The number of hydrogen-bond donors (Lipinski definition) is 1. The summed E-state index contributed by atoms with van der Waals surface area (Å²) < 4.78 is 0. The van der Waals surface area contributed by atoms with Crippen molar-refractivity contribution >= 4 is 11.8 Å². The van der Waals surface area contributed by atoms with Gasteiger partial charge in [-0.1, -0.05) is 0 Å². The van der Waals surface area contributed by atoms with E-state index in [1.54, 1.807) is 12.1 Å². The minimum atomic E-state index is -0.915. The second-order valence-electron chi connectivity index (χ2n) is 5.40. The van der Waals surface area contributed by atoms with E-state index in [9.17, 15) is 9.90 Å². The van der Waals surface area contributed by atoms with E-state index in [4.69, 9.17) is 0 Å². The van der Waals surface area contributed by atoms with Crippen LogP contribution in [0.3, 0.4) is 0 Å². The number of likely N-dealkylation sites (N-methyl/N-ethyl adjacent to an activating group) is 1. The molecule has 1 aromatic heterocycles. The average molecular weight is 263 g/mol. The number of carboxylic acid groups (broad SMARTS) is 1. The smallest absolute Gasteiger partial charge is 0.339 e. The van der Waals surface area contributed by atoms with E-state index in [1.165, 1.54) is 0 Å². The third-order valence-electron chi connectivity index (χ3n) is 3.90. The molecule has 2 atom stereocenters. The van der Waals surface area contributed by atoms with Gasteiger partial charge in [-0.05, 0) is 40.0 Å². The van der Waals surface area contributed by atoms with Gasteiger partial charge >= 0.3 is 5.97 Å². The van der Waals surface area contributed by atoms with Crippen LogP contribution in [0.4, 0.5) is 5.82 Å². The first-order chi connectivity index (χ1) is 8.90. The summed E-state index contributed by atoms with van der Waals surface area (Å²) in [6.45, 7) is 7.80. The fourth-order valence-electron chi connectivity index (χ4n) is 2.53. The number of carboxylic acids is 1. The topological polar surface area (TPSA) is 56.7 Å². The minimum absolute atomic E-state index is 0.287. The number of hydrogen-bond acceptors (Lipinski definition) is 4. The van der Waals surface area contributed by atoms with Crippen molar-refractivity contribution in [3.63, 3.8) is 0 Å². The van der Waals surface area contributed by atoms with E-state index < -0.39 is 5.97 Å². The maximum absolute atomic E-state index is 11.3. The number of aryl methyl sites for hydroxylation is 1. The second-order valence-corrected chi connectivity index (χ2v) is 5.40. The summed E-state index contributed by atoms with van der Waals surface area (Å²) in [6, 6.07) is 4.16. The normalized spacial score (nSPS) is 24.5. The van der Waals surface area contributed by atoms with Crippen molar-refractivity contribution in [3.05, 3.63) is 23.4 Å². The molecule has 1 N–H and O–H groups in total. The van der Waals surface area contributed by atoms with Crippen molar-refractivity contribution in [2.24, 2.45) is 0 Å². The first-order valence-electron chi connectivity index (χ1n) is 6.58. The van der Waals surface area contributed by atoms with E-state index in [-0.39, 0.29) is 5.56 Å². The molecule has 0 saturated carbocycles. The molecule has 0 radical (unpaired) electrons. The lowest BCUT2D eigenvalue weighted by Crippen LogP contribution is -2.55. The molecule has 2 rings (SSSR count). The first kappa shape index (κ1) is 13.8. The Labute approximate surface area is 113 Å². The van der Waals surface area contributed by atoms with Crippen LogP contribution in [0.25, 0.3) is 0 Å². The van der Waals surface area contributed by atoms with Crippen LogP contribution >= 0.6 is 0 Å². The molecule has 104 valence electrons. The SMILES string of the molecule is Cc1ccc(C(=O)O)c(N2CC(C)N(C)C(C)C2)n1. The van der Waals surface area contributed by atoms with Gasteiger partial charge < -0.3 is 10.0 Å². The molecule has 2 heterocycles. The molecule has 1 aliphatic heterocycles. The molecule has 0 amide bonds. The Hall–Kier alpha value is -1.62. The van der Waals surface area contributed by atoms with E-state index in [1.807, 2.05) is 6.92 Å². The maximum Gasteiger partial charge on any atom is 0.339 e. The number of piperazine rings is 1. The van der Waals surface area contributed by atoms with E-state index in [2.05, 4.69) is 35.7 Å². The van der Waals surface area contributed by atoms with Crippen molar-refractivity contribution in [2.75, 3.05) is 25.0 Å². The Balaban J connectivity index is 2.36. The van der Waals surface area contributed by atoms with Crippen molar-refractivity contribution in [3.8, 4) is 0 Å². The van der Waals surface area contributed by atoms with Crippen LogP contribution in [-0.2, 0) is 0 Å². The van der Waals surface area contributed by atoms with Gasteiger partial charge in [0, 0.05) is 30.9 Å². The van der Waals surface area contributed by atoms with Gasteiger partial charge in [0.15, 0.2) is 0 Å². The predicted molar refractivity (Wildman–Crippen MR) is 74.8 cm³/mol. The lowest BCUT2D eigenvalue weighted by Gasteiger charge is -2.43. The summed E-state index contributed by atoms with van der Waals surface area (Å²) >= 11 is 0. The molecule has 1 fully saturated rings. The maximum atomic E-state index is 11.3. The van der Waals surface area contributed by atoms with Gasteiger partial charge in [0.1, 0.15) is 11.4 Å². The molecule has 0 aromatic carbocycles. The Morgan fingerprint density at radius 1 is 1.32 bits per heavy atom. The van der Waals surface area contributed by atoms with Crippen LogP contribution in [0.1, 0.15) is 29.9 Å². The van der Waals surface area contributed by atoms with Crippen LogP contribution in [0.2, 0.25) is 0 Å². The van der Waals surface area contributed by atoms with Gasteiger partial charge in [0.05, 0.1) is 0 Å². The lowest BCUT2D eigenvalue weighted by atomic mass is 10.1.